The van der Waals surface area contributed by atoms with Gasteiger partial charge in [0.15, 0.2) is 11.6 Å². The molecule has 0 aliphatic carbocycles. The second-order valence-corrected chi connectivity index (χ2v) is 4.59. The minimum Gasteiger partial charge on any atom is -0.465 e. The van der Waals surface area contributed by atoms with Crippen molar-refractivity contribution in [1.29, 1.82) is 0 Å². The second kappa shape index (κ2) is 8.56. The standard InChI is InChI=1S/C15H22F2N2O2/c1-4-19(5-2)10-6-9-18-12-8-7-11(15(20)21-3)13(16)14(12)17/h7-8,18H,4-6,9-10H2,1-3H3. The number of nitrogens with zero attached hydrogens (tertiary/aromatic N) is 1. The summed E-state index contributed by atoms with van der Waals surface area (Å²) >= 11 is 0. The maximum atomic E-state index is 13.8. The van der Waals surface area contributed by atoms with E-state index in [4.69, 9.17) is 0 Å². The van der Waals surface area contributed by atoms with E-state index < -0.39 is 23.2 Å². The molecule has 0 unspecified atom stereocenters. The highest BCUT2D eigenvalue weighted by molar-refractivity contribution is 5.90. The number of methoxy groups -OCH3 is 1. The van der Waals surface area contributed by atoms with Gasteiger partial charge in [0, 0.05) is 6.54 Å². The first-order valence-electron chi connectivity index (χ1n) is 7.07. The molecule has 6 heteroatoms. The molecule has 0 atom stereocenters. The van der Waals surface area contributed by atoms with Gasteiger partial charge in [-0.2, -0.15) is 0 Å². The Morgan fingerprint density at radius 3 is 2.48 bits per heavy atom. The van der Waals surface area contributed by atoms with Crippen LogP contribution >= 0.6 is 0 Å². The van der Waals surface area contributed by atoms with E-state index in [1.165, 1.54) is 12.1 Å². The van der Waals surface area contributed by atoms with Gasteiger partial charge in [-0.25, -0.2) is 13.6 Å². The first-order valence-corrected chi connectivity index (χ1v) is 7.07. The van der Waals surface area contributed by atoms with E-state index in [9.17, 15) is 13.6 Å². The van der Waals surface area contributed by atoms with E-state index in [2.05, 4.69) is 28.8 Å². The molecule has 0 aromatic heterocycles. The number of esters is 1. The van der Waals surface area contributed by atoms with Crippen LogP contribution in [-0.4, -0.2) is 44.2 Å². The predicted molar refractivity (Wildman–Crippen MR) is 78.6 cm³/mol. The van der Waals surface area contributed by atoms with Crippen molar-refractivity contribution in [3.63, 3.8) is 0 Å². The summed E-state index contributed by atoms with van der Waals surface area (Å²) < 4.78 is 31.9. The second-order valence-electron chi connectivity index (χ2n) is 4.59. The maximum absolute atomic E-state index is 13.8. The first kappa shape index (κ1) is 17.4. The van der Waals surface area contributed by atoms with Gasteiger partial charge in [0.05, 0.1) is 18.4 Å². The number of nitrogens with one attached hydrogen (secondary N) is 1. The molecule has 0 bridgehead atoms. The lowest BCUT2D eigenvalue weighted by Gasteiger charge is -2.18. The minimum atomic E-state index is -1.18. The molecule has 0 heterocycles. The summed E-state index contributed by atoms with van der Waals surface area (Å²) in [5.41, 5.74) is -0.344. The van der Waals surface area contributed by atoms with Gasteiger partial charge < -0.3 is 15.0 Å². The van der Waals surface area contributed by atoms with Crippen molar-refractivity contribution in [2.45, 2.75) is 20.3 Å². The number of hydrogen-bond acceptors (Lipinski definition) is 4. The molecule has 0 aliphatic heterocycles. The zero-order valence-corrected chi connectivity index (χ0v) is 12.7. The van der Waals surface area contributed by atoms with Gasteiger partial charge in [-0.05, 0) is 38.2 Å². The Kier molecular flexibility index (Phi) is 7.08. The van der Waals surface area contributed by atoms with Gasteiger partial charge >= 0.3 is 5.97 Å². The van der Waals surface area contributed by atoms with Gasteiger partial charge in [0.25, 0.3) is 0 Å². The molecule has 0 amide bonds. The molecule has 0 fully saturated rings. The van der Waals surface area contributed by atoms with Crippen LogP contribution in [0.5, 0.6) is 0 Å². The van der Waals surface area contributed by atoms with Crippen LogP contribution in [-0.2, 0) is 4.74 Å². The van der Waals surface area contributed by atoms with E-state index in [1.807, 2.05) is 0 Å². The molecular formula is C15H22F2N2O2. The van der Waals surface area contributed by atoms with Crippen LogP contribution in [0, 0.1) is 11.6 Å². The van der Waals surface area contributed by atoms with Crippen LogP contribution in [0.25, 0.3) is 0 Å². The van der Waals surface area contributed by atoms with Gasteiger partial charge in [0.1, 0.15) is 0 Å². The summed E-state index contributed by atoms with van der Waals surface area (Å²) in [7, 11) is 1.12. The SMILES string of the molecule is CCN(CC)CCCNc1ccc(C(=O)OC)c(F)c1F. The van der Waals surface area contributed by atoms with Crippen LogP contribution in [0.2, 0.25) is 0 Å². The maximum Gasteiger partial charge on any atom is 0.340 e. The van der Waals surface area contributed by atoms with Crippen molar-refractivity contribution in [1.82, 2.24) is 4.90 Å². The fourth-order valence-electron chi connectivity index (χ4n) is 2.02. The normalized spacial score (nSPS) is 10.8. The number of anilines is 1. The molecule has 0 spiro atoms. The van der Waals surface area contributed by atoms with E-state index in [0.717, 1.165) is 33.2 Å². The van der Waals surface area contributed by atoms with Crippen molar-refractivity contribution in [3.05, 3.63) is 29.3 Å². The van der Waals surface area contributed by atoms with Crippen molar-refractivity contribution >= 4 is 11.7 Å². The number of carbonyl (C=O) groups is 1. The Morgan fingerprint density at radius 1 is 1.24 bits per heavy atom. The molecule has 21 heavy (non-hydrogen) atoms. The molecule has 0 saturated carbocycles. The molecule has 0 saturated heterocycles. The molecule has 1 N–H and O–H groups in total. The van der Waals surface area contributed by atoms with Crippen LogP contribution in [0.15, 0.2) is 12.1 Å². The molecular weight excluding hydrogens is 278 g/mol. The van der Waals surface area contributed by atoms with Gasteiger partial charge in [0.2, 0.25) is 0 Å². The summed E-state index contributed by atoms with van der Waals surface area (Å²) in [5, 5.41) is 2.85. The Hall–Kier alpha value is -1.69. The fraction of sp³-hybridized carbons (Fsp3) is 0.533. The highest BCUT2D eigenvalue weighted by Gasteiger charge is 2.18. The average molecular weight is 300 g/mol. The van der Waals surface area contributed by atoms with Crippen molar-refractivity contribution in [3.8, 4) is 0 Å². The monoisotopic (exact) mass is 300 g/mol. The number of rotatable bonds is 8. The number of carbonyl (C=O) groups excluding carboxylic acids is 1. The van der Waals surface area contributed by atoms with Gasteiger partial charge in [-0.1, -0.05) is 13.8 Å². The summed E-state index contributed by atoms with van der Waals surface area (Å²) in [6.45, 7) is 7.52. The molecule has 1 rings (SSSR count). The van der Waals surface area contributed by atoms with E-state index in [1.54, 1.807) is 0 Å². The first-order chi connectivity index (χ1) is 10.0. The minimum absolute atomic E-state index is 0.0553. The zero-order chi connectivity index (χ0) is 15.8. The Morgan fingerprint density at radius 2 is 1.90 bits per heavy atom. The van der Waals surface area contributed by atoms with Crippen LogP contribution in [0.3, 0.4) is 0 Å². The summed E-state index contributed by atoms with van der Waals surface area (Å²) in [6.07, 6.45) is 0.821. The third kappa shape index (κ3) is 4.67. The smallest absolute Gasteiger partial charge is 0.340 e. The van der Waals surface area contributed by atoms with Crippen LogP contribution in [0.1, 0.15) is 30.6 Å². The lowest BCUT2D eigenvalue weighted by molar-refractivity contribution is 0.0594. The van der Waals surface area contributed by atoms with E-state index in [0.29, 0.717) is 6.54 Å². The quantitative estimate of drug-likeness (QED) is 0.592. The Bertz CT molecular complexity index is 477. The van der Waals surface area contributed by atoms with Crippen molar-refractivity contribution in [2.75, 3.05) is 38.6 Å². The Labute approximate surface area is 124 Å². The molecule has 4 nitrogen and oxygen atoms in total. The summed E-state index contributed by atoms with van der Waals surface area (Å²) in [5.74, 6) is -3.13. The molecule has 1 aromatic carbocycles. The lowest BCUT2D eigenvalue weighted by Crippen LogP contribution is -2.25. The molecule has 0 radical (unpaired) electrons. The van der Waals surface area contributed by atoms with Gasteiger partial charge in [-0.3, -0.25) is 0 Å². The third-order valence-corrected chi connectivity index (χ3v) is 3.35. The highest BCUT2D eigenvalue weighted by Crippen LogP contribution is 2.21. The van der Waals surface area contributed by atoms with Crippen LogP contribution < -0.4 is 5.32 Å². The number of hydrogen-bond donors (Lipinski definition) is 1. The largest absolute Gasteiger partial charge is 0.465 e. The topological polar surface area (TPSA) is 41.6 Å². The number of halogens is 2. The highest BCUT2D eigenvalue weighted by atomic mass is 19.2. The van der Waals surface area contributed by atoms with Crippen molar-refractivity contribution in [2.24, 2.45) is 0 Å². The lowest BCUT2D eigenvalue weighted by atomic mass is 10.1. The zero-order valence-electron chi connectivity index (χ0n) is 12.7. The number of ether oxygens (including phenoxy) is 1. The summed E-state index contributed by atoms with van der Waals surface area (Å²) in [6, 6.07) is 2.57. The summed E-state index contributed by atoms with van der Waals surface area (Å²) in [4.78, 5) is 13.5. The average Bonchev–Trinajstić information content (AvgIpc) is 2.50. The molecule has 0 aliphatic rings. The third-order valence-electron chi connectivity index (χ3n) is 3.35. The predicted octanol–water partition coefficient (Wildman–Crippen LogP) is 2.90. The van der Waals surface area contributed by atoms with Crippen LogP contribution in [0.4, 0.5) is 14.5 Å². The van der Waals surface area contributed by atoms with Crippen molar-refractivity contribution < 1.29 is 18.3 Å². The van der Waals surface area contributed by atoms with E-state index in [-0.39, 0.29) is 5.69 Å². The number of benzene rings is 1. The van der Waals surface area contributed by atoms with E-state index >= 15 is 0 Å². The molecule has 118 valence electrons. The fourth-order valence-corrected chi connectivity index (χ4v) is 2.02. The Balaban J connectivity index is 2.61. The molecule has 1 aromatic rings. The van der Waals surface area contributed by atoms with Gasteiger partial charge in [-0.15, -0.1) is 0 Å².